The number of aryl methyl sites for hydroxylation is 1. The van der Waals surface area contributed by atoms with Crippen molar-refractivity contribution >= 4 is 11.7 Å². The highest BCUT2D eigenvalue weighted by atomic mass is 19.3. The summed E-state index contributed by atoms with van der Waals surface area (Å²) in [5.41, 5.74) is 2.08. The Bertz CT molecular complexity index is 914. The lowest BCUT2D eigenvalue weighted by Crippen LogP contribution is -2.28. The van der Waals surface area contributed by atoms with Crippen LogP contribution >= 0.6 is 0 Å². The standard InChI is InChI=1S/C17H16F2N6O2/c1-25-15(22-23-24-25)12-3-2-4-13(9-12)21-17(26)20-10-11-5-7-14(8-6-11)27-16(18)19/h2-9,16H,10H2,1H3,(H2,20,21,26). The average molecular weight is 374 g/mol. The van der Waals surface area contributed by atoms with Crippen LogP contribution in [0.25, 0.3) is 11.4 Å². The largest absolute Gasteiger partial charge is 0.435 e. The van der Waals surface area contributed by atoms with E-state index in [0.29, 0.717) is 11.5 Å². The number of amides is 2. The van der Waals surface area contributed by atoms with Gasteiger partial charge in [-0.25, -0.2) is 9.48 Å². The van der Waals surface area contributed by atoms with Gasteiger partial charge in [0, 0.05) is 24.8 Å². The van der Waals surface area contributed by atoms with Gasteiger partial charge in [-0.1, -0.05) is 24.3 Å². The van der Waals surface area contributed by atoms with Crippen molar-refractivity contribution in [2.24, 2.45) is 7.05 Å². The molecule has 3 aromatic rings. The first kappa shape index (κ1) is 18.2. The molecule has 0 fully saturated rings. The number of hydrogen-bond donors (Lipinski definition) is 2. The van der Waals surface area contributed by atoms with E-state index in [0.717, 1.165) is 11.1 Å². The smallest absolute Gasteiger partial charge is 0.387 e. The van der Waals surface area contributed by atoms with Gasteiger partial charge in [-0.05, 0) is 40.3 Å². The molecule has 3 rings (SSSR count). The van der Waals surface area contributed by atoms with E-state index < -0.39 is 12.6 Å². The molecule has 0 bridgehead atoms. The van der Waals surface area contributed by atoms with Gasteiger partial charge in [0.1, 0.15) is 5.75 Å². The molecule has 140 valence electrons. The summed E-state index contributed by atoms with van der Waals surface area (Å²) in [4.78, 5) is 12.1. The first-order valence-corrected chi connectivity index (χ1v) is 7.92. The Kier molecular flexibility index (Phi) is 5.55. The molecule has 0 spiro atoms. The molecule has 0 saturated carbocycles. The second-order valence-corrected chi connectivity index (χ2v) is 5.54. The lowest BCUT2D eigenvalue weighted by atomic mass is 10.2. The summed E-state index contributed by atoms with van der Waals surface area (Å²) >= 11 is 0. The zero-order valence-electron chi connectivity index (χ0n) is 14.3. The van der Waals surface area contributed by atoms with Crippen LogP contribution in [0.5, 0.6) is 5.75 Å². The van der Waals surface area contributed by atoms with Gasteiger partial charge in [0.2, 0.25) is 0 Å². The molecular weight excluding hydrogens is 358 g/mol. The number of rotatable bonds is 6. The quantitative estimate of drug-likeness (QED) is 0.692. The molecule has 0 atom stereocenters. The van der Waals surface area contributed by atoms with E-state index in [2.05, 4.69) is 30.9 Å². The van der Waals surface area contributed by atoms with Gasteiger partial charge in [-0.2, -0.15) is 8.78 Å². The number of ether oxygens (including phenoxy) is 1. The summed E-state index contributed by atoms with van der Waals surface area (Å²) in [7, 11) is 1.72. The highest BCUT2D eigenvalue weighted by Gasteiger charge is 2.08. The monoisotopic (exact) mass is 374 g/mol. The summed E-state index contributed by atoms with van der Waals surface area (Å²) in [5, 5.41) is 16.7. The third-order valence-electron chi connectivity index (χ3n) is 3.60. The van der Waals surface area contributed by atoms with E-state index >= 15 is 0 Å². The van der Waals surface area contributed by atoms with Gasteiger partial charge in [0.25, 0.3) is 0 Å². The number of nitrogens with one attached hydrogen (secondary N) is 2. The second kappa shape index (κ2) is 8.21. The number of anilines is 1. The maximum Gasteiger partial charge on any atom is 0.387 e. The van der Waals surface area contributed by atoms with Gasteiger partial charge < -0.3 is 15.4 Å². The lowest BCUT2D eigenvalue weighted by molar-refractivity contribution is -0.0498. The van der Waals surface area contributed by atoms with Gasteiger partial charge in [-0.15, -0.1) is 5.10 Å². The predicted molar refractivity (Wildman–Crippen MR) is 93.2 cm³/mol. The minimum absolute atomic E-state index is 0.0632. The van der Waals surface area contributed by atoms with E-state index in [-0.39, 0.29) is 12.3 Å². The van der Waals surface area contributed by atoms with Gasteiger partial charge >= 0.3 is 12.6 Å². The van der Waals surface area contributed by atoms with E-state index in [1.807, 2.05) is 6.07 Å². The summed E-state index contributed by atoms with van der Waals surface area (Å²) in [6.07, 6.45) is 0. The lowest BCUT2D eigenvalue weighted by Gasteiger charge is -2.09. The van der Waals surface area contributed by atoms with E-state index in [1.54, 1.807) is 37.4 Å². The number of halogens is 2. The molecule has 1 aromatic heterocycles. The summed E-state index contributed by atoms with van der Waals surface area (Å²) in [5.74, 6) is 0.637. The van der Waals surface area contributed by atoms with Crippen LogP contribution in [-0.4, -0.2) is 32.8 Å². The van der Waals surface area contributed by atoms with Gasteiger partial charge in [0.05, 0.1) is 0 Å². The Morgan fingerprint density at radius 2 is 2.00 bits per heavy atom. The number of carbonyl (C=O) groups is 1. The molecule has 10 heteroatoms. The fourth-order valence-electron chi connectivity index (χ4n) is 2.36. The number of aromatic nitrogens is 4. The van der Waals surface area contributed by atoms with Crippen LogP contribution in [-0.2, 0) is 13.6 Å². The van der Waals surface area contributed by atoms with Gasteiger partial charge in [0.15, 0.2) is 5.82 Å². The van der Waals surface area contributed by atoms with Crippen LogP contribution in [0.2, 0.25) is 0 Å². The highest BCUT2D eigenvalue weighted by Crippen LogP contribution is 2.19. The molecule has 0 aliphatic carbocycles. The summed E-state index contributed by atoms with van der Waals surface area (Å²) < 4.78 is 30.0. The second-order valence-electron chi connectivity index (χ2n) is 5.54. The maximum absolute atomic E-state index is 12.1. The summed E-state index contributed by atoms with van der Waals surface area (Å²) in [6, 6.07) is 12.7. The highest BCUT2D eigenvalue weighted by molar-refractivity contribution is 5.89. The maximum atomic E-state index is 12.1. The van der Waals surface area contributed by atoms with Crippen LogP contribution in [0.15, 0.2) is 48.5 Å². The number of benzene rings is 2. The summed E-state index contributed by atoms with van der Waals surface area (Å²) in [6.45, 7) is -2.64. The van der Waals surface area contributed by atoms with E-state index in [4.69, 9.17) is 0 Å². The van der Waals surface area contributed by atoms with Crippen molar-refractivity contribution in [1.29, 1.82) is 0 Å². The first-order chi connectivity index (χ1) is 13.0. The first-order valence-electron chi connectivity index (χ1n) is 7.92. The fraction of sp³-hybridized carbons (Fsp3) is 0.176. The van der Waals surface area contributed by atoms with Crippen molar-refractivity contribution in [1.82, 2.24) is 25.5 Å². The van der Waals surface area contributed by atoms with Crippen LogP contribution in [0.3, 0.4) is 0 Å². The predicted octanol–water partition coefficient (Wildman–Crippen LogP) is 2.80. The van der Waals surface area contributed by atoms with Crippen molar-refractivity contribution in [3.05, 3.63) is 54.1 Å². The molecule has 0 unspecified atom stereocenters. The molecule has 2 aromatic carbocycles. The molecular formula is C17H16F2N6O2. The van der Waals surface area contributed by atoms with Crippen molar-refractivity contribution in [2.45, 2.75) is 13.2 Å². The number of carbonyl (C=O) groups excluding carboxylic acids is 1. The minimum Gasteiger partial charge on any atom is -0.435 e. The van der Waals surface area contributed by atoms with Crippen molar-refractivity contribution in [3.63, 3.8) is 0 Å². The van der Waals surface area contributed by atoms with Crippen LogP contribution in [0.1, 0.15) is 5.56 Å². The van der Waals surface area contributed by atoms with E-state index in [9.17, 15) is 13.6 Å². The van der Waals surface area contributed by atoms with Crippen molar-refractivity contribution in [3.8, 4) is 17.1 Å². The molecule has 1 heterocycles. The number of tetrazole rings is 1. The van der Waals surface area contributed by atoms with Crippen LogP contribution in [0, 0.1) is 0 Å². The third-order valence-corrected chi connectivity index (χ3v) is 3.60. The zero-order valence-corrected chi connectivity index (χ0v) is 14.3. The average Bonchev–Trinajstić information content (AvgIpc) is 3.07. The number of alkyl halides is 2. The number of urea groups is 1. The Morgan fingerprint density at radius 3 is 2.67 bits per heavy atom. The molecule has 2 amide bonds. The number of hydrogen-bond acceptors (Lipinski definition) is 5. The molecule has 0 saturated heterocycles. The molecule has 0 aliphatic heterocycles. The topological polar surface area (TPSA) is 94.0 Å². The van der Waals surface area contributed by atoms with E-state index in [1.165, 1.54) is 16.8 Å². The van der Waals surface area contributed by atoms with Crippen LogP contribution < -0.4 is 15.4 Å². The van der Waals surface area contributed by atoms with Crippen molar-refractivity contribution < 1.29 is 18.3 Å². The Hall–Kier alpha value is -3.56. The van der Waals surface area contributed by atoms with Crippen LogP contribution in [0.4, 0.5) is 19.3 Å². The molecule has 0 aliphatic rings. The van der Waals surface area contributed by atoms with Gasteiger partial charge in [-0.3, -0.25) is 0 Å². The third kappa shape index (κ3) is 4.97. The SMILES string of the molecule is Cn1nnnc1-c1cccc(NC(=O)NCc2ccc(OC(F)F)cc2)c1. The molecule has 8 nitrogen and oxygen atoms in total. The molecule has 0 radical (unpaired) electrons. The Labute approximate surface area is 153 Å². The fourth-order valence-corrected chi connectivity index (χ4v) is 2.36. The van der Waals surface area contributed by atoms with Crippen molar-refractivity contribution in [2.75, 3.05) is 5.32 Å². The molecule has 2 N–H and O–H groups in total. The Balaban J connectivity index is 1.56. The Morgan fingerprint density at radius 1 is 1.22 bits per heavy atom. The molecule has 27 heavy (non-hydrogen) atoms. The minimum atomic E-state index is -2.87. The zero-order chi connectivity index (χ0) is 19.2. The number of nitrogens with zero attached hydrogens (tertiary/aromatic N) is 4. The normalized spacial score (nSPS) is 10.7.